The predicted octanol–water partition coefficient (Wildman–Crippen LogP) is 0.880. The number of nitrogens with zero attached hydrogens (tertiary/aromatic N) is 3. The molecule has 0 spiro atoms. The van der Waals surface area contributed by atoms with Crippen molar-refractivity contribution in [3.8, 4) is 0 Å². The SMILES string of the molecule is Cc1nn(C)cc1S(=O)(=O)NC1CCN(C(C)C)CC1. The third-order valence-corrected chi connectivity index (χ3v) is 5.46. The second-order valence-electron chi connectivity index (χ2n) is 5.78. The highest BCUT2D eigenvalue weighted by atomic mass is 32.2. The van der Waals surface area contributed by atoms with Crippen molar-refractivity contribution in [2.24, 2.45) is 7.05 Å². The number of aryl methyl sites for hydroxylation is 2. The molecule has 2 rings (SSSR count). The van der Waals surface area contributed by atoms with Gasteiger partial charge in [-0.2, -0.15) is 5.10 Å². The Bertz CT molecular complexity index is 557. The van der Waals surface area contributed by atoms with Crippen LogP contribution in [0.15, 0.2) is 11.1 Å². The lowest BCUT2D eigenvalue weighted by Gasteiger charge is -2.34. The maximum atomic E-state index is 12.4. The van der Waals surface area contributed by atoms with Crippen molar-refractivity contribution in [3.63, 3.8) is 0 Å². The molecule has 0 radical (unpaired) electrons. The van der Waals surface area contributed by atoms with Crippen molar-refractivity contribution in [2.45, 2.75) is 50.6 Å². The molecule has 1 aromatic rings. The predicted molar refractivity (Wildman–Crippen MR) is 78.0 cm³/mol. The molecule has 114 valence electrons. The van der Waals surface area contributed by atoms with Crippen molar-refractivity contribution in [3.05, 3.63) is 11.9 Å². The van der Waals surface area contributed by atoms with Gasteiger partial charge in [-0.25, -0.2) is 13.1 Å². The molecule has 1 fully saturated rings. The van der Waals surface area contributed by atoms with E-state index in [0.29, 0.717) is 11.7 Å². The Morgan fingerprint density at radius 2 is 1.95 bits per heavy atom. The average Bonchev–Trinajstić information content (AvgIpc) is 2.69. The van der Waals surface area contributed by atoms with Gasteiger partial charge in [0.15, 0.2) is 0 Å². The summed E-state index contributed by atoms with van der Waals surface area (Å²) >= 11 is 0. The normalized spacial score (nSPS) is 18.9. The number of nitrogens with one attached hydrogen (secondary N) is 1. The topological polar surface area (TPSA) is 67.2 Å². The molecule has 0 atom stereocenters. The summed E-state index contributed by atoms with van der Waals surface area (Å²) in [5.74, 6) is 0. The van der Waals surface area contributed by atoms with Crippen molar-refractivity contribution >= 4 is 10.0 Å². The van der Waals surface area contributed by atoms with Gasteiger partial charge in [-0.15, -0.1) is 0 Å². The van der Waals surface area contributed by atoms with E-state index in [1.165, 1.54) is 4.68 Å². The summed E-state index contributed by atoms with van der Waals surface area (Å²) in [6, 6.07) is 0.544. The van der Waals surface area contributed by atoms with E-state index in [0.717, 1.165) is 25.9 Å². The van der Waals surface area contributed by atoms with E-state index in [1.54, 1.807) is 20.2 Å². The number of aromatic nitrogens is 2. The zero-order chi connectivity index (χ0) is 14.9. The van der Waals surface area contributed by atoms with Gasteiger partial charge in [-0.1, -0.05) is 0 Å². The van der Waals surface area contributed by atoms with Gasteiger partial charge < -0.3 is 4.90 Å². The zero-order valence-corrected chi connectivity index (χ0v) is 13.4. The van der Waals surface area contributed by atoms with Crippen LogP contribution in [0.5, 0.6) is 0 Å². The first kappa shape index (κ1) is 15.5. The zero-order valence-electron chi connectivity index (χ0n) is 12.6. The van der Waals surface area contributed by atoms with E-state index in [1.807, 2.05) is 0 Å². The molecular formula is C13H24N4O2S. The minimum absolute atomic E-state index is 0.0228. The fourth-order valence-electron chi connectivity index (χ4n) is 2.66. The lowest BCUT2D eigenvalue weighted by Crippen LogP contribution is -2.46. The third-order valence-electron chi connectivity index (χ3n) is 3.84. The second-order valence-corrected chi connectivity index (χ2v) is 7.46. The van der Waals surface area contributed by atoms with Crippen molar-refractivity contribution < 1.29 is 8.42 Å². The van der Waals surface area contributed by atoms with Gasteiger partial charge in [0.1, 0.15) is 4.90 Å². The van der Waals surface area contributed by atoms with E-state index < -0.39 is 10.0 Å². The van der Waals surface area contributed by atoms with Crippen LogP contribution >= 0.6 is 0 Å². The average molecular weight is 300 g/mol. The van der Waals surface area contributed by atoms with E-state index in [2.05, 4.69) is 28.6 Å². The Kier molecular flexibility index (Phi) is 4.51. The quantitative estimate of drug-likeness (QED) is 0.896. The summed E-state index contributed by atoms with van der Waals surface area (Å²) in [4.78, 5) is 2.66. The van der Waals surface area contributed by atoms with E-state index in [9.17, 15) is 8.42 Å². The highest BCUT2D eigenvalue weighted by molar-refractivity contribution is 7.89. The summed E-state index contributed by atoms with van der Waals surface area (Å²) in [5.41, 5.74) is 0.541. The number of sulfonamides is 1. The number of hydrogen-bond acceptors (Lipinski definition) is 4. The summed E-state index contributed by atoms with van der Waals surface area (Å²) in [7, 11) is -1.73. The van der Waals surface area contributed by atoms with Crippen LogP contribution in [-0.4, -0.2) is 48.3 Å². The molecule has 1 aliphatic rings. The van der Waals surface area contributed by atoms with Gasteiger partial charge in [0, 0.05) is 25.3 Å². The van der Waals surface area contributed by atoms with Crippen molar-refractivity contribution in [1.29, 1.82) is 0 Å². The van der Waals surface area contributed by atoms with E-state index in [-0.39, 0.29) is 10.9 Å². The Labute approximate surface area is 121 Å². The Morgan fingerprint density at radius 3 is 2.40 bits per heavy atom. The molecular weight excluding hydrogens is 276 g/mol. The largest absolute Gasteiger partial charge is 0.301 e. The smallest absolute Gasteiger partial charge is 0.244 e. The van der Waals surface area contributed by atoms with Crippen molar-refractivity contribution in [1.82, 2.24) is 19.4 Å². The van der Waals surface area contributed by atoms with Gasteiger partial charge in [0.05, 0.1) is 5.69 Å². The third kappa shape index (κ3) is 3.39. The summed E-state index contributed by atoms with van der Waals surface area (Å²) < 4.78 is 29.1. The molecule has 0 amide bonds. The van der Waals surface area contributed by atoms with Crippen LogP contribution in [0.3, 0.4) is 0 Å². The molecule has 0 saturated carbocycles. The van der Waals surface area contributed by atoms with Crippen molar-refractivity contribution in [2.75, 3.05) is 13.1 Å². The van der Waals surface area contributed by atoms with E-state index >= 15 is 0 Å². The Morgan fingerprint density at radius 1 is 1.35 bits per heavy atom. The molecule has 1 aromatic heterocycles. The second kappa shape index (κ2) is 5.83. The molecule has 1 saturated heterocycles. The molecule has 0 unspecified atom stereocenters. The molecule has 1 aliphatic heterocycles. The van der Waals surface area contributed by atoms with E-state index in [4.69, 9.17) is 0 Å². The van der Waals surface area contributed by atoms with Crippen LogP contribution in [0, 0.1) is 6.92 Å². The molecule has 20 heavy (non-hydrogen) atoms. The fraction of sp³-hybridized carbons (Fsp3) is 0.769. The summed E-state index contributed by atoms with van der Waals surface area (Å²) in [5, 5.41) is 4.09. The van der Waals surface area contributed by atoms with Gasteiger partial charge in [-0.3, -0.25) is 4.68 Å². The number of rotatable bonds is 4. The summed E-state index contributed by atoms with van der Waals surface area (Å²) in [6.45, 7) is 7.94. The Balaban J connectivity index is 2.02. The molecule has 0 bridgehead atoms. The first-order valence-corrected chi connectivity index (χ1v) is 8.54. The first-order chi connectivity index (χ1) is 9.29. The van der Waals surface area contributed by atoms with Gasteiger partial charge in [0.2, 0.25) is 10.0 Å². The van der Waals surface area contributed by atoms with Crippen LogP contribution in [0.2, 0.25) is 0 Å². The standard InChI is InChI=1S/C13H24N4O2S/c1-10(2)17-7-5-12(6-8-17)15-20(18,19)13-9-16(4)14-11(13)3/h9-10,12,15H,5-8H2,1-4H3. The minimum atomic E-state index is -3.46. The van der Waals surface area contributed by atoms with Crippen LogP contribution in [-0.2, 0) is 17.1 Å². The lowest BCUT2D eigenvalue weighted by molar-refractivity contribution is 0.168. The van der Waals surface area contributed by atoms with Crippen LogP contribution in [0.4, 0.5) is 0 Å². The highest BCUT2D eigenvalue weighted by Gasteiger charge is 2.27. The molecule has 2 heterocycles. The number of piperidine rings is 1. The minimum Gasteiger partial charge on any atom is -0.301 e. The first-order valence-electron chi connectivity index (χ1n) is 7.06. The lowest BCUT2D eigenvalue weighted by atomic mass is 10.1. The fourth-order valence-corrected chi connectivity index (χ4v) is 4.18. The summed E-state index contributed by atoms with van der Waals surface area (Å²) in [6.07, 6.45) is 3.27. The monoisotopic (exact) mass is 300 g/mol. The highest BCUT2D eigenvalue weighted by Crippen LogP contribution is 2.17. The van der Waals surface area contributed by atoms with Crippen LogP contribution < -0.4 is 4.72 Å². The molecule has 0 aromatic carbocycles. The maximum absolute atomic E-state index is 12.4. The molecule has 7 heteroatoms. The number of likely N-dealkylation sites (tertiary alicyclic amines) is 1. The molecule has 0 aliphatic carbocycles. The van der Waals surface area contributed by atoms with Crippen LogP contribution in [0.1, 0.15) is 32.4 Å². The van der Waals surface area contributed by atoms with Crippen LogP contribution in [0.25, 0.3) is 0 Å². The van der Waals surface area contributed by atoms with Gasteiger partial charge >= 0.3 is 0 Å². The molecule has 6 nitrogen and oxygen atoms in total. The molecule has 1 N–H and O–H groups in total. The van der Waals surface area contributed by atoms with Gasteiger partial charge in [0.25, 0.3) is 0 Å². The number of hydrogen-bond donors (Lipinski definition) is 1. The van der Waals surface area contributed by atoms with Gasteiger partial charge in [-0.05, 0) is 46.7 Å². The Hall–Kier alpha value is -0.920. The maximum Gasteiger partial charge on any atom is 0.244 e.